The fraction of sp³-hybridized carbons (Fsp3) is 0.467. The molecule has 1 N–H and O–H groups in total. The summed E-state index contributed by atoms with van der Waals surface area (Å²) in [4.78, 5) is 24.8. The van der Waals surface area contributed by atoms with Crippen LogP contribution in [0.1, 0.15) is 18.9 Å². The highest BCUT2D eigenvalue weighted by molar-refractivity contribution is 5.91. The molecule has 5 heteroatoms. The largest absolute Gasteiger partial charge is 0.383 e. The molecule has 0 unspecified atom stereocenters. The second-order valence-corrected chi connectivity index (χ2v) is 4.66. The van der Waals surface area contributed by atoms with Gasteiger partial charge in [0, 0.05) is 39.2 Å². The first kappa shape index (κ1) is 16.2. The van der Waals surface area contributed by atoms with E-state index in [1.807, 2.05) is 31.2 Å². The van der Waals surface area contributed by atoms with Crippen molar-refractivity contribution in [1.29, 1.82) is 0 Å². The van der Waals surface area contributed by atoms with Gasteiger partial charge in [0.05, 0.1) is 6.61 Å². The molecule has 110 valence electrons. The van der Waals surface area contributed by atoms with Gasteiger partial charge in [-0.15, -0.1) is 0 Å². The zero-order valence-corrected chi connectivity index (χ0v) is 12.3. The van der Waals surface area contributed by atoms with Crippen LogP contribution in [-0.2, 0) is 14.3 Å². The summed E-state index contributed by atoms with van der Waals surface area (Å²) in [7, 11) is 1.59. The maximum atomic E-state index is 11.8. The number of nitrogens with zero attached hydrogens (tertiary/aromatic N) is 1. The third-order valence-corrected chi connectivity index (χ3v) is 2.95. The first-order valence-corrected chi connectivity index (χ1v) is 6.64. The first-order valence-electron chi connectivity index (χ1n) is 6.64. The van der Waals surface area contributed by atoms with Crippen LogP contribution in [0.25, 0.3) is 0 Å². The number of hydrogen-bond donors (Lipinski definition) is 1. The van der Waals surface area contributed by atoms with Gasteiger partial charge in [-0.1, -0.05) is 17.7 Å². The predicted molar refractivity (Wildman–Crippen MR) is 78.6 cm³/mol. The number of carbonyl (C=O) groups excluding carboxylic acids is 2. The molecule has 20 heavy (non-hydrogen) atoms. The summed E-state index contributed by atoms with van der Waals surface area (Å²) >= 11 is 0. The number of nitrogens with one attached hydrogen (secondary N) is 1. The number of benzene rings is 1. The molecule has 0 aliphatic carbocycles. The van der Waals surface area contributed by atoms with Crippen molar-refractivity contribution in [2.24, 2.45) is 0 Å². The Kier molecular flexibility index (Phi) is 6.73. The fourth-order valence-corrected chi connectivity index (χ4v) is 1.73. The second kappa shape index (κ2) is 8.32. The normalized spacial score (nSPS) is 10.2. The minimum absolute atomic E-state index is 0.0508. The maximum Gasteiger partial charge on any atom is 0.226 e. The number of hydrogen-bond acceptors (Lipinski definition) is 3. The molecule has 1 rings (SSSR count). The van der Waals surface area contributed by atoms with E-state index in [2.05, 4.69) is 5.32 Å². The maximum absolute atomic E-state index is 11.8. The van der Waals surface area contributed by atoms with E-state index in [-0.39, 0.29) is 18.2 Å². The SMILES string of the molecule is COCCN(CCC(=O)Nc1ccc(C)cc1)C(C)=O. The van der Waals surface area contributed by atoms with Crippen LogP contribution in [0.3, 0.4) is 0 Å². The van der Waals surface area contributed by atoms with E-state index in [4.69, 9.17) is 4.74 Å². The van der Waals surface area contributed by atoms with Crippen LogP contribution in [0.15, 0.2) is 24.3 Å². The standard InChI is InChI=1S/C15H22N2O3/c1-12-4-6-14(7-5-12)16-15(19)8-9-17(13(2)18)10-11-20-3/h4-7H,8-11H2,1-3H3,(H,16,19). The molecule has 0 bridgehead atoms. The van der Waals surface area contributed by atoms with Gasteiger partial charge in [0.2, 0.25) is 11.8 Å². The number of amides is 2. The molecule has 0 heterocycles. The van der Waals surface area contributed by atoms with Crippen molar-refractivity contribution in [3.05, 3.63) is 29.8 Å². The molecule has 0 fully saturated rings. The summed E-state index contributed by atoms with van der Waals surface area (Å²) in [6, 6.07) is 7.61. The van der Waals surface area contributed by atoms with E-state index < -0.39 is 0 Å². The number of ether oxygens (including phenoxy) is 1. The average Bonchev–Trinajstić information content (AvgIpc) is 2.41. The summed E-state index contributed by atoms with van der Waals surface area (Å²) < 4.78 is 4.94. The number of carbonyl (C=O) groups is 2. The Morgan fingerprint density at radius 3 is 2.40 bits per heavy atom. The van der Waals surface area contributed by atoms with Gasteiger partial charge in [-0.05, 0) is 19.1 Å². The van der Waals surface area contributed by atoms with Crippen molar-refractivity contribution in [1.82, 2.24) is 4.90 Å². The van der Waals surface area contributed by atoms with Crippen LogP contribution in [-0.4, -0.2) is 43.5 Å². The molecule has 0 saturated carbocycles. The lowest BCUT2D eigenvalue weighted by Crippen LogP contribution is -2.34. The second-order valence-electron chi connectivity index (χ2n) is 4.66. The topological polar surface area (TPSA) is 58.6 Å². The molecular formula is C15H22N2O3. The number of methoxy groups -OCH3 is 1. The minimum atomic E-state index is -0.0995. The molecule has 0 radical (unpaired) electrons. The van der Waals surface area contributed by atoms with Crippen LogP contribution < -0.4 is 5.32 Å². The van der Waals surface area contributed by atoms with Crippen molar-refractivity contribution in [3.63, 3.8) is 0 Å². The minimum Gasteiger partial charge on any atom is -0.383 e. The number of anilines is 1. The summed E-state index contributed by atoms with van der Waals surface area (Å²) in [6.07, 6.45) is 0.275. The molecule has 0 aliphatic heterocycles. The molecule has 1 aromatic carbocycles. The Hall–Kier alpha value is -1.88. The van der Waals surface area contributed by atoms with Gasteiger partial charge in [0.1, 0.15) is 0 Å². The highest BCUT2D eigenvalue weighted by Gasteiger charge is 2.10. The summed E-state index contributed by atoms with van der Waals surface area (Å²) in [6.45, 7) is 4.86. The molecule has 0 aromatic heterocycles. The number of aryl methyl sites for hydroxylation is 1. The van der Waals surface area contributed by atoms with Crippen LogP contribution in [0.4, 0.5) is 5.69 Å². The van der Waals surface area contributed by atoms with Gasteiger partial charge in [-0.3, -0.25) is 9.59 Å². The first-order chi connectivity index (χ1) is 9.52. The van der Waals surface area contributed by atoms with Gasteiger partial charge < -0.3 is 15.0 Å². The zero-order valence-electron chi connectivity index (χ0n) is 12.3. The van der Waals surface area contributed by atoms with E-state index in [1.165, 1.54) is 6.92 Å². The van der Waals surface area contributed by atoms with Gasteiger partial charge in [0.25, 0.3) is 0 Å². The van der Waals surface area contributed by atoms with Crippen molar-refractivity contribution >= 4 is 17.5 Å². The van der Waals surface area contributed by atoms with Gasteiger partial charge in [-0.25, -0.2) is 0 Å². The Bertz CT molecular complexity index is 443. The third-order valence-electron chi connectivity index (χ3n) is 2.95. The van der Waals surface area contributed by atoms with Crippen molar-refractivity contribution in [2.75, 3.05) is 32.1 Å². The molecule has 0 aliphatic rings. The Balaban J connectivity index is 2.41. The Morgan fingerprint density at radius 1 is 1.20 bits per heavy atom. The van der Waals surface area contributed by atoms with E-state index in [9.17, 15) is 9.59 Å². The Morgan fingerprint density at radius 2 is 1.85 bits per heavy atom. The van der Waals surface area contributed by atoms with Crippen molar-refractivity contribution < 1.29 is 14.3 Å². The molecule has 1 aromatic rings. The van der Waals surface area contributed by atoms with Gasteiger partial charge in [0.15, 0.2) is 0 Å². The van der Waals surface area contributed by atoms with Crippen LogP contribution in [0.2, 0.25) is 0 Å². The van der Waals surface area contributed by atoms with Gasteiger partial charge >= 0.3 is 0 Å². The average molecular weight is 278 g/mol. The smallest absolute Gasteiger partial charge is 0.226 e. The van der Waals surface area contributed by atoms with Crippen LogP contribution >= 0.6 is 0 Å². The molecule has 0 atom stereocenters. The third kappa shape index (κ3) is 5.84. The quantitative estimate of drug-likeness (QED) is 0.827. The van der Waals surface area contributed by atoms with Crippen LogP contribution in [0, 0.1) is 6.92 Å². The molecular weight excluding hydrogens is 256 g/mol. The summed E-state index contributed by atoms with van der Waals surface area (Å²) in [5.74, 6) is -0.150. The zero-order chi connectivity index (χ0) is 15.0. The predicted octanol–water partition coefficient (Wildman–Crippen LogP) is 1.82. The van der Waals surface area contributed by atoms with E-state index >= 15 is 0 Å². The van der Waals surface area contributed by atoms with Crippen LogP contribution in [0.5, 0.6) is 0 Å². The monoisotopic (exact) mass is 278 g/mol. The van der Waals surface area contributed by atoms with E-state index in [0.717, 1.165) is 11.3 Å². The van der Waals surface area contributed by atoms with E-state index in [0.29, 0.717) is 19.7 Å². The highest BCUT2D eigenvalue weighted by atomic mass is 16.5. The van der Waals surface area contributed by atoms with E-state index in [1.54, 1.807) is 12.0 Å². The molecule has 0 spiro atoms. The summed E-state index contributed by atoms with van der Waals surface area (Å²) in [5.41, 5.74) is 1.91. The molecule has 2 amide bonds. The van der Waals surface area contributed by atoms with Crippen molar-refractivity contribution in [3.8, 4) is 0 Å². The number of rotatable bonds is 7. The fourth-order valence-electron chi connectivity index (χ4n) is 1.73. The van der Waals surface area contributed by atoms with Gasteiger partial charge in [-0.2, -0.15) is 0 Å². The molecule has 0 saturated heterocycles. The van der Waals surface area contributed by atoms with Crippen molar-refractivity contribution in [2.45, 2.75) is 20.3 Å². The lowest BCUT2D eigenvalue weighted by Gasteiger charge is -2.20. The highest BCUT2D eigenvalue weighted by Crippen LogP contribution is 2.09. The summed E-state index contributed by atoms with van der Waals surface area (Å²) in [5, 5.41) is 2.81. The lowest BCUT2D eigenvalue weighted by molar-refractivity contribution is -0.130. The lowest BCUT2D eigenvalue weighted by atomic mass is 10.2. The Labute approximate surface area is 119 Å². The molecule has 5 nitrogen and oxygen atoms in total.